The highest BCUT2D eigenvalue weighted by atomic mass is 16.7. The van der Waals surface area contributed by atoms with Crippen LogP contribution in [0.4, 0.5) is 0 Å². The van der Waals surface area contributed by atoms with Crippen molar-refractivity contribution in [1.82, 2.24) is 0 Å². The average Bonchev–Trinajstić information content (AvgIpc) is 2.72. The van der Waals surface area contributed by atoms with Crippen LogP contribution in [0.5, 0.6) is 0 Å². The summed E-state index contributed by atoms with van der Waals surface area (Å²) in [6.45, 7) is 0.632. The first kappa shape index (κ1) is 10.3. The highest BCUT2D eigenvalue weighted by molar-refractivity contribution is 5.16. The van der Waals surface area contributed by atoms with E-state index in [4.69, 9.17) is 9.47 Å². The Kier molecular flexibility index (Phi) is 2.67. The molecule has 3 heteroatoms. The van der Waals surface area contributed by atoms with Gasteiger partial charge in [0.2, 0.25) is 0 Å². The smallest absolute Gasteiger partial charge is 0.184 e. The van der Waals surface area contributed by atoms with Crippen molar-refractivity contribution in [3.8, 4) is 0 Å². The van der Waals surface area contributed by atoms with Gasteiger partial charge < -0.3 is 14.6 Å². The van der Waals surface area contributed by atoms with Crippen molar-refractivity contribution in [3.05, 3.63) is 35.9 Å². The Morgan fingerprint density at radius 1 is 1.25 bits per heavy atom. The lowest BCUT2D eigenvalue weighted by Gasteiger charge is -2.31. The van der Waals surface area contributed by atoms with E-state index in [9.17, 15) is 5.11 Å². The zero-order valence-corrected chi connectivity index (χ0v) is 9.08. The Balaban J connectivity index is 1.71. The maximum Gasteiger partial charge on any atom is 0.184 e. The molecule has 2 fully saturated rings. The SMILES string of the molecule is O[C@@H]1[C@H](Cc2ccccc2)C[C@H]2CO[C@@H]1O2. The fourth-order valence-electron chi connectivity index (χ4n) is 2.59. The second-order valence-corrected chi connectivity index (χ2v) is 4.64. The molecule has 3 rings (SSSR count). The van der Waals surface area contributed by atoms with E-state index in [1.807, 2.05) is 18.2 Å². The predicted molar refractivity (Wildman–Crippen MR) is 58.9 cm³/mol. The van der Waals surface area contributed by atoms with E-state index < -0.39 is 12.4 Å². The molecule has 1 aromatic carbocycles. The molecule has 0 aromatic heterocycles. The number of ether oxygens (including phenoxy) is 2. The van der Waals surface area contributed by atoms with Crippen molar-refractivity contribution < 1.29 is 14.6 Å². The molecule has 1 N–H and O–H groups in total. The van der Waals surface area contributed by atoms with Crippen LogP contribution in [-0.2, 0) is 15.9 Å². The minimum absolute atomic E-state index is 0.183. The number of hydrogen-bond acceptors (Lipinski definition) is 3. The van der Waals surface area contributed by atoms with Gasteiger partial charge in [0.05, 0.1) is 12.7 Å². The molecule has 1 aromatic rings. The van der Waals surface area contributed by atoms with E-state index in [-0.39, 0.29) is 12.0 Å². The van der Waals surface area contributed by atoms with E-state index in [2.05, 4.69) is 12.1 Å². The zero-order valence-electron chi connectivity index (χ0n) is 9.08. The van der Waals surface area contributed by atoms with Crippen LogP contribution in [0.1, 0.15) is 12.0 Å². The van der Waals surface area contributed by atoms with Gasteiger partial charge in [0.25, 0.3) is 0 Å². The number of aliphatic hydroxyl groups is 1. The lowest BCUT2D eigenvalue weighted by Crippen LogP contribution is -2.41. The van der Waals surface area contributed by atoms with Crippen molar-refractivity contribution in [1.29, 1.82) is 0 Å². The van der Waals surface area contributed by atoms with E-state index in [0.29, 0.717) is 6.61 Å². The van der Waals surface area contributed by atoms with Crippen LogP contribution in [0, 0.1) is 5.92 Å². The van der Waals surface area contributed by atoms with Crippen LogP contribution in [0.2, 0.25) is 0 Å². The second kappa shape index (κ2) is 4.17. The van der Waals surface area contributed by atoms with Crippen LogP contribution in [0.25, 0.3) is 0 Å². The molecular weight excluding hydrogens is 204 g/mol. The summed E-state index contributed by atoms with van der Waals surface area (Å²) >= 11 is 0. The largest absolute Gasteiger partial charge is 0.388 e. The monoisotopic (exact) mass is 220 g/mol. The summed E-state index contributed by atoms with van der Waals surface area (Å²) in [6.07, 6.45) is 1.10. The summed E-state index contributed by atoms with van der Waals surface area (Å²) < 4.78 is 10.9. The molecule has 4 atom stereocenters. The maximum absolute atomic E-state index is 10.1. The van der Waals surface area contributed by atoms with Crippen LogP contribution in [0.3, 0.4) is 0 Å². The molecule has 2 aliphatic heterocycles. The molecule has 0 saturated carbocycles. The minimum Gasteiger partial charge on any atom is -0.388 e. The molecule has 2 saturated heterocycles. The number of hydrogen-bond donors (Lipinski definition) is 1. The molecule has 0 aliphatic carbocycles. The molecule has 2 aliphatic rings. The third-order valence-electron chi connectivity index (χ3n) is 3.44. The Labute approximate surface area is 95.0 Å². The predicted octanol–water partition coefficient (Wildman–Crippen LogP) is 1.35. The van der Waals surface area contributed by atoms with E-state index in [1.165, 1.54) is 5.56 Å². The van der Waals surface area contributed by atoms with Gasteiger partial charge in [0.1, 0.15) is 6.10 Å². The Morgan fingerprint density at radius 2 is 2.06 bits per heavy atom. The normalized spacial score (nSPS) is 37.6. The molecule has 2 heterocycles. The molecule has 86 valence electrons. The van der Waals surface area contributed by atoms with Crippen molar-refractivity contribution in [3.63, 3.8) is 0 Å². The fourth-order valence-corrected chi connectivity index (χ4v) is 2.59. The quantitative estimate of drug-likeness (QED) is 0.817. The standard InChI is InChI=1S/C13H16O3/c14-12-10(6-9-4-2-1-3-5-9)7-11-8-15-13(12)16-11/h1-5,10-14H,6-8H2/t10-,11+,12-,13-/m1/s1. The van der Waals surface area contributed by atoms with Gasteiger partial charge in [-0.25, -0.2) is 0 Å². The number of rotatable bonds is 2. The van der Waals surface area contributed by atoms with Crippen LogP contribution < -0.4 is 0 Å². The summed E-state index contributed by atoms with van der Waals surface area (Å²) in [6, 6.07) is 10.3. The summed E-state index contributed by atoms with van der Waals surface area (Å²) in [7, 11) is 0. The zero-order chi connectivity index (χ0) is 11.0. The molecule has 3 nitrogen and oxygen atoms in total. The highest BCUT2D eigenvalue weighted by Crippen LogP contribution is 2.33. The lowest BCUT2D eigenvalue weighted by atomic mass is 9.87. The van der Waals surface area contributed by atoms with E-state index in [1.54, 1.807) is 0 Å². The Hall–Kier alpha value is -0.900. The van der Waals surface area contributed by atoms with Crippen LogP contribution in [0.15, 0.2) is 30.3 Å². The summed E-state index contributed by atoms with van der Waals surface area (Å²) in [5.74, 6) is 0.258. The van der Waals surface area contributed by atoms with Gasteiger partial charge in [0, 0.05) is 0 Å². The molecule has 2 bridgehead atoms. The first-order valence-electron chi connectivity index (χ1n) is 5.82. The number of benzene rings is 1. The number of fused-ring (bicyclic) bond motifs is 2. The van der Waals surface area contributed by atoms with Crippen LogP contribution in [-0.4, -0.2) is 30.2 Å². The van der Waals surface area contributed by atoms with E-state index >= 15 is 0 Å². The summed E-state index contributed by atoms with van der Waals surface area (Å²) in [5, 5.41) is 10.1. The first-order valence-corrected chi connectivity index (χ1v) is 5.82. The van der Waals surface area contributed by atoms with Gasteiger partial charge in [-0.05, 0) is 24.3 Å². The lowest BCUT2D eigenvalue weighted by molar-refractivity contribution is -0.174. The second-order valence-electron chi connectivity index (χ2n) is 4.64. The van der Waals surface area contributed by atoms with Crippen molar-refractivity contribution in [2.24, 2.45) is 5.92 Å². The van der Waals surface area contributed by atoms with Gasteiger partial charge in [0.15, 0.2) is 6.29 Å². The van der Waals surface area contributed by atoms with Gasteiger partial charge in [-0.2, -0.15) is 0 Å². The summed E-state index contributed by atoms with van der Waals surface area (Å²) in [4.78, 5) is 0. The van der Waals surface area contributed by atoms with Crippen LogP contribution >= 0.6 is 0 Å². The molecule has 0 spiro atoms. The maximum atomic E-state index is 10.1. The first-order chi connectivity index (χ1) is 7.83. The third-order valence-corrected chi connectivity index (χ3v) is 3.44. The van der Waals surface area contributed by atoms with Crippen molar-refractivity contribution in [2.75, 3.05) is 6.61 Å². The van der Waals surface area contributed by atoms with Crippen molar-refractivity contribution >= 4 is 0 Å². The third kappa shape index (κ3) is 1.86. The summed E-state index contributed by atoms with van der Waals surface area (Å²) in [5.41, 5.74) is 1.27. The molecular formula is C13H16O3. The van der Waals surface area contributed by atoms with Gasteiger partial charge in [-0.15, -0.1) is 0 Å². The van der Waals surface area contributed by atoms with Gasteiger partial charge >= 0.3 is 0 Å². The highest BCUT2D eigenvalue weighted by Gasteiger charge is 2.42. The molecule has 0 amide bonds. The van der Waals surface area contributed by atoms with Crippen molar-refractivity contribution in [2.45, 2.75) is 31.3 Å². The van der Waals surface area contributed by atoms with E-state index in [0.717, 1.165) is 12.8 Å². The minimum atomic E-state index is -0.487. The molecule has 16 heavy (non-hydrogen) atoms. The topological polar surface area (TPSA) is 38.7 Å². The van der Waals surface area contributed by atoms with Gasteiger partial charge in [-0.3, -0.25) is 0 Å². The van der Waals surface area contributed by atoms with Gasteiger partial charge in [-0.1, -0.05) is 30.3 Å². The molecule has 0 radical (unpaired) electrons. The number of aliphatic hydroxyl groups excluding tert-OH is 1. The fraction of sp³-hybridized carbons (Fsp3) is 0.538. The average molecular weight is 220 g/mol. The Morgan fingerprint density at radius 3 is 2.88 bits per heavy atom. The molecule has 0 unspecified atom stereocenters. The Bertz CT molecular complexity index is 351.